The second-order valence-corrected chi connectivity index (χ2v) is 4.70. The molecule has 1 rings (SSSR count). The van der Waals surface area contributed by atoms with Crippen molar-refractivity contribution in [1.29, 1.82) is 0 Å². The normalized spacial score (nSPS) is 10.0. The Kier molecular flexibility index (Phi) is 8.30. The van der Waals surface area contributed by atoms with Crippen LogP contribution in [0, 0.1) is 5.82 Å². The Morgan fingerprint density at radius 3 is 2.43 bits per heavy atom. The third-order valence-corrected chi connectivity index (χ3v) is 2.90. The maximum absolute atomic E-state index is 12.7. The van der Waals surface area contributed by atoms with Crippen molar-refractivity contribution >= 4 is 23.2 Å². The molecule has 0 radical (unpaired) electrons. The predicted molar refractivity (Wildman–Crippen MR) is 83.8 cm³/mol. The summed E-state index contributed by atoms with van der Waals surface area (Å²) in [4.78, 5) is 11.7. The number of halogens is 1. The van der Waals surface area contributed by atoms with Gasteiger partial charge in [-0.3, -0.25) is 4.79 Å². The SMILES string of the molecule is COCCCNC(=S)NCCNC(=O)c1ccc(F)cc1. The van der Waals surface area contributed by atoms with Gasteiger partial charge in [0.1, 0.15) is 5.82 Å². The van der Waals surface area contributed by atoms with E-state index in [0.717, 1.165) is 13.0 Å². The third kappa shape index (κ3) is 7.57. The van der Waals surface area contributed by atoms with E-state index in [2.05, 4.69) is 16.0 Å². The number of thiocarbonyl (C=S) groups is 1. The minimum absolute atomic E-state index is 0.240. The largest absolute Gasteiger partial charge is 0.385 e. The fourth-order valence-corrected chi connectivity index (χ4v) is 1.74. The lowest BCUT2D eigenvalue weighted by molar-refractivity contribution is 0.0954. The fourth-order valence-electron chi connectivity index (χ4n) is 1.54. The summed E-state index contributed by atoms with van der Waals surface area (Å²) < 4.78 is 17.6. The molecule has 0 aliphatic rings. The molecule has 0 aliphatic carbocycles. The minimum Gasteiger partial charge on any atom is -0.385 e. The van der Waals surface area contributed by atoms with E-state index in [-0.39, 0.29) is 11.7 Å². The molecular weight excluding hydrogens is 293 g/mol. The van der Waals surface area contributed by atoms with E-state index in [1.54, 1.807) is 7.11 Å². The van der Waals surface area contributed by atoms with Crippen LogP contribution in [0.5, 0.6) is 0 Å². The van der Waals surface area contributed by atoms with Crippen molar-refractivity contribution in [3.05, 3.63) is 35.6 Å². The standard InChI is InChI=1S/C14H20FN3O2S/c1-20-10-2-7-17-14(21)18-9-8-16-13(19)11-3-5-12(15)6-4-11/h3-6H,2,7-10H2,1H3,(H,16,19)(H2,17,18,21). The number of rotatable bonds is 8. The average Bonchev–Trinajstić information content (AvgIpc) is 2.48. The third-order valence-electron chi connectivity index (χ3n) is 2.61. The number of hydrogen-bond donors (Lipinski definition) is 3. The summed E-state index contributed by atoms with van der Waals surface area (Å²) >= 11 is 5.07. The van der Waals surface area contributed by atoms with Crippen molar-refractivity contribution in [2.24, 2.45) is 0 Å². The van der Waals surface area contributed by atoms with Crippen LogP contribution < -0.4 is 16.0 Å². The molecule has 1 amide bonds. The van der Waals surface area contributed by atoms with Gasteiger partial charge in [0.25, 0.3) is 5.91 Å². The zero-order valence-electron chi connectivity index (χ0n) is 11.9. The number of hydrogen-bond acceptors (Lipinski definition) is 3. The van der Waals surface area contributed by atoms with Crippen LogP contribution >= 0.6 is 12.2 Å². The number of carbonyl (C=O) groups is 1. The molecule has 0 spiro atoms. The van der Waals surface area contributed by atoms with Crippen molar-refractivity contribution in [3.8, 4) is 0 Å². The van der Waals surface area contributed by atoms with Crippen molar-refractivity contribution in [2.45, 2.75) is 6.42 Å². The first-order valence-electron chi connectivity index (χ1n) is 6.68. The van der Waals surface area contributed by atoms with E-state index in [1.165, 1.54) is 24.3 Å². The second-order valence-electron chi connectivity index (χ2n) is 4.29. The van der Waals surface area contributed by atoms with Gasteiger partial charge in [-0.15, -0.1) is 0 Å². The van der Waals surface area contributed by atoms with Crippen LogP contribution in [0.25, 0.3) is 0 Å². The summed E-state index contributed by atoms with van der Waals surface area (Å²) in [5, 5.41) is 9.27. The molecular formula is C14H20FN3O2S. The first kappa shape index (κ1) is 17.3. The van der Waals surface area contributed by atoms with E-state index in [1.807, 2.05) is 0 Å². The van der Waals surface area contributed by atoms with Crippen LogP contribution in [0.15, 0.2) is 24.3 Å². The summed E-state index contributed by atoms with van der Waals surface area (Å²) in [6, 6.07) is 5.40. The average molecular weight is 313 g/mol. The van der Waals surface area contributed by atoms with Gasteiger partial charge < -0.3 is 20.7 Å². The lowest BCUT2D eigenvalue weighted by Crippen LogP contribution is -2.40. The van der Waals surface area contributed by atoms with Crippen LogP contribution in [-0.2, 0) is 4.74 Å². The molecule has 0 aromatic heterocycles. The molecule has 1 aromatic rings. The maximum Gasteiger partial charge on any atom is 0.251 e. The van der Waals surface area contributed by atoms with E-state index >= 15 is 0 Å². The van der Waals surface area contributed by atoms with Gasteiger partial charge in [-0.1, -0.05) is 0 Å². The molecule has 3 N–H and O–H groups in total. The summed E-state index contributed by atoms with van der Waals surface area (Å²) in [7, 11) is 1.65. The van der Waals surface area contributed by atoms with E-state index in [9.17, 15) is 9.18 Å². The van der Waals surface area contributed by atoms with Crippen molar-refractivity contribution in [1.82, 2.24) is 16.0 Å². The highest BCUT2D eigenvalue weighted by atomic mass is 32.1. The van der Waals surface area contributed by atoms with Gasteiger partial charge in [0.05, 0.1) is 0 Å². The van der Waals surface area contributed by atoms with E-state index in [0.29, 0.717) is 30.4 Å². The summed E-state index contributed by atoms with van der Waals surface area (Å²) in [6.07, 6.45) is 0.875. The molecule has 0 saturated heterocycles. The van der Waals surface area contributed by atoms with Gasteiger partial charge in [-0.2, -0.15) is 0 Å². The molecule has 0 fully saturated rings. The fraction of sp³-hybridized carbons (Fsp3) is 0.429. The smallest absolute Gasteiger partial charge is 0.251 e. The highest BCUT2D eigenvalue weighted by Crippen LogP contribution is 2.01. The maximum atomic E-state index is 12.7. The topological polar surface area (TPSA) is 62.4 Å². The van der Waals surface area contributed by atoms with Gasteiger partial charge in [0.15, 0.2) is 5.11 Å². The Bertz CT molecular complexity index is 454. The molecule has 0 saturated carbocycles. The predicted octanol–water partition coefficient (Wildman–Crippen LogP) is 1.06. The number of methoxy groups -OCH3 is 1. The van der Waals surface area contributed by atoms with Crippen LogP contribution in [0.4, 0.5) is 4.39 Å². The van der Waals surface area contributed by atoms with Crippen LogP contribution in [0.1, 0.15) is 16.8 Å². The number of amides is 1. The van der Waals surface area contributed by atoms with Gasteiger partial charge in [0.2, 0.25) is 0 Å². The zero-order chi connectivity index (χ0) is 15.5. The van der Waals surface area contributed by atoms with Gasteiger partial charge >= 0.3 is 0 Å². The zero-order valence-corrected chi connectivity index (χ0v) is 12.8. The Balaban J connectivity index is 2.12. The monoisotopic (exact) mass is 313 g/mol. The van der Waals surface area contributed by atoms with Gasteiger partial charge in [-0.05, 0) is 42.9 Å². The number of benzene rings is 1. The van der Waals surface area contributed by atoms with E-state index < -0.39 is 0 Å². The molecule has 0 atom stereocenters. The highest BCUT2D eigenvalue weighted by Gasteiger charge is 2.04. The van der Waals surface area contributed by atoms with E-state index in [4.69, 9.17) is 17.0 Å². The summed E-state index contributed by atoms with van der Waals surface area (Å²) in [5.41, 5.74) is 0.427. The van der Waals surface area contributed by atoms with Crippen LogP contribution in [-0.4, -0.2) is 44.4 Å². The highest BCUT2D eigenvalue weighted by molar-refractivity contribution is 7.80. The molecule has 21 heavy (non-hydrogen) atoms. The van der Waals surface area contributed by atoms with Gasteiger partial charge in [0, 0.05) is 38.9 Å². The van der Waals surface area contributed by atoms with Gasteiger partial charge in [-0.25, -0.2) is 4.39 Å². The molecule has 7 heteroatoms. The quantitative estimate of drug-likeness (QED) is 0.495. The first-order chi connectivity index (χ1) is 10.1. The summed E-state index contributed by atoms with van der Waals surface area (Å²) in [6.45, 7) is 2.37. The number of ether oxygens (including phenoxy) is 1. The Labute approximate surface area is 129 Å². The minimum atomic E-state index is -0.363. The molecule has 1 aromatic carbocycles. The molecule has 116 valence electrons. The molecule has 5 nitrogen and oxygen atoms in total. The molecule has 0 unspecified atom stereocenters. The van der Waals surface area contributed by atoms with Crippen molar-refractivity contribution < 1.29 is 13.9 Å². The second kappa shape index (κ2) is 10.1. The number of carbonyl (C=O) groups excluding carboxylic acids is 1. The lowest BCUT2D eigenvalue weighted by Gasteiger charge is -2.11. The first-order valence-corrected chi connectivity index (χ1v) is 7.08. The summed E-state index contributed by atoms with van der Waals surface area (Å²) in [5.74, 6) is -0.603. The Morgan fingerprint density at radius 2 is 1.76 bits per heavy atom. The Hall–Kier alpha value is -1.73. The van der Waals surface area contributed by atoms with Crippen molar-refractivity contribution in [3.63, 3.8) is 0 Å². The molecule has 0 bridgehead atoms. The van der Waals surface area contributed by atoms with Crippen molar-refractivity contribution in [2.75, 3.05) is 33.4 Å². The van der Waals surface area contributed by atoms with Crippen LogP contribution in [0.3, 0.4) is 0 Å². The van der Waals surface area contributed by atoms with Crippen LogP contribution in [0.2, 0.25) is 0 Å². The molecule has 0 heterocycles. The number of nitrogens with one attached hydrogen (secondary N) is 3. The Morgan fingerprint density at radius 1 is 1.14 bits per heavy atom. The molecule has 0 aliphatic heterocycles. The lowest BCUT2D eigenvalue weighted by atomic mass is 10.2.